The van der Waals surface area contributed by atoms with E-state index in [2.05, 4.69) is 10.2 Å². The zero-order valence-electron chi connectivity index (χ0n) is 11.4. The van der Waals surface area contributed by atoms with Crippen LogP contribution in [0.2, 0.25) is 0 Å². The molecule has 2 aliphatic rings. The van der Waals surface area contributed by atoms with Crippen LogP contribution >= 0.6 is 0 Å². The van der Waals surface area contributed by atoms with E-state index in [9.17, 15) is 4.39 Å². The first-order valence-corrected chi connectivity index (χ1v) is 7.11. The Kier molecular flexibility index (Phi) is 3.71. The van der Waals surface area contributed by atoms with Gasteiger partial charge in [-0.05, 0) is 38.4 Å². The maximum Gasteiger partial charge on any atom is 0.129 e. The summed E-state index contributed by atoms with van der Waals surface area (Å²) in [6.07, 6.45) is 3.83. The third-order valence-corrected chi connectivity index (χ3v) is 4.24. The van der Waals surface area contributed by atoms with Gasteiger partial charge in [0.25, 0.3) is 0 Å². The molecule has 0 amide bonds. The molecule has 3 rings (SSSR count). The second-order valence-corrected chi connectivity index (χ2v) is 5.37. The summed E-state index contributed by atoms with van der Waals surface area (Å²) < 4.78 is 19.9. The summed E-state index contributed by atoms with van der Waals surface area (Å²) in [6.45, 7) is 2.18. The highest BCUT2D eigenvalue weighted by Gasteiger charge is 2.36. The number of halogens is 1. The maximum absolute atomic E-state index is 14.0. The van der Waals surface area contributed by atoms with Crippen LogP contribution in [-0.2, 0) is 11.3 Å². The van der Waals surface area contributed by atoms with Crippen LogP contribution in [0.25, 0.3) is 0 Å². The lowest BCUT2D eigenvalue weighted by Gasteiger charge is -2.40. The molecule has 1 saturated heterocycles. The Labute approximate surface area is 113 Å². The summed E-state index contributed by atoms with van der Waals surface area (Å²) in [5, 5.41) is 3.07. The Morgan fingerprint density at radius 3 is 3.16 bits per heavy atom. The third kappa shape index (κ3) is 2.35. The van der Waals surface area contributed by atoms with E-state index in [1.807, 2.05) is 19.2 Å². The fraction of sp³-hybridized carbons (Fsp3) is 0.600. The zero-order valence-corrected chi connectivity index (χ0v) is 11.4. The van der Waals surface area contributed by atoms with Crippen LogP contribution in [0, 0.1) is 5.82 Å². The van der Waals surface area contributed by atoms with E-state index in [0.29, 0.717) is 18.7 Å². The summed E-state index contributed by atoms with van der Waals surface area (Å²) in [7, 11) is 1.86. The van der Waals surface area contributed by atoms with Crippen LogP contribution in [0.1, 0.15) is 24.8 Å². The lowest BCUT2D eigenvalue weighted by Crippen LogP contribution is -2.49. The standard InChI is InChI=1S/C15H21FN2O/c1-17-10-11-12(16)4-2-5-13(11)18-8-9-19-15-7-3-6-14(15)18/h2,4-5,14-15,17H,3,6-10H2,1H3. The van der Waals surface area contributed by atoms with Crippen molar-refractivity contribution < 1.29 is 9.13 Å². The Hall–Kier alpha value is -1.13. The molecule has 2 fully saturated rings. The third-order valence-electron chi connectivity index (χ3n) is 4.24. The average Bonchev–Trinajstić information content (AvgIpc) is 2.89. The number of nitrogens with zero attached hydrogens (tertiary/aromatic N) is 1. The molecule has 1 aromatic carbocycles. The van der Waals surface area contributed by atoms with Gasteiger partial charge in [0, 0.05) is 24.3 Å². The van der Waals surface area contributed by atoms with Crippen molar-refractivity contribution >= 4 is 5.69 Å². The second-order valence-electron chi connectivity index (χ2n) is 5.37. The molecule has 1 aromatic rings. The van der Waals surface area contributed by atoms with Crippen LogP contribution in [0.4, 0.5) is 10.1 Å². The van der Waals surface area contributed by atoms with Crippen molar-refractivity contribution in [2.75, 3.05) is 25.1 Å². The minimum Gasteiger partial charge on any atom is -0.374 e. The lowest BCUT2D eigenvalue weighted by atomic mass is 10.1. The van der Waals surface area contributed by atoms with Crippen LogP contribution in [0.5, 0.6) is 0 Å². The molecule has 2 atom stereocenters. The number of benzene rings is 1. The topological polar surface area (TPSA) is 24.5 Å². The van der Waals surface area contributed by atoms with E-state index in [0.717, 1.165) is 37.2 Å². The van der Waals surface area contributed by atoms with Crippen molar-refractivity contribution in [3.63, 3.8) is 0 Å². The van der Waals surface area contributed by atoms with E-state index in [1.54, 1.807) is 6.07 Å². The fourth-order valence-electron chi connectivity index (χ4n) is 3.39. The molecule has 1 N–H and O–H groups in total. The van der Waals surface area contributed by atoms with Gasteiger partial charge in [0.1, 0.15) is 5.82 Å². The van der Waals surface area contributed by atoms with E-state index in [4.69, 9.17) is 4.74 Å². The number of anilines is 1. The fourth-order valence-corrected chi connectivity index (χ4v) is 3.39. The summed E-state index contributed by atoms with van der Waals surface area (Å²) in [5.41, 5.74) is 1.81. The van der Waals surface area contributed by atoms with E-state index < -0.39 is 0 Å². The highest BCUT2D eigenvalue weighted by molar-refractivity contribution is 5.55. The second kappa shape index (κ2) is 5.47. The number of hydrogen-bond donors (Lipinski definition) is 1. The molecule has 1 heterocycles. The molecule has 0 radical (unpaired) electrons. The summed E-state index contributed by atoms with van der Waals surface area (Å²) >= 11 is 0. The van der Waals surface area contributed by atoms with Crippen LogP contribution in [0.3, 0.4) is 0 Å². The predicted molar refractivity (Wildman–Crippen MR) is 73.9 cm³/mol. The van der Waals surface area contributed by atoms with Crippen LogP contribution in [0.15, 0.2) is 18.2 Å². The van der Waals surface area contributed by atoms with Crippen LogP contribution < -0.4 is 10.2 Å². The Bertz CT molecular complexity index is 452. The van der Waals surface area contributed by atoms with Crippen molar-refractivity contribution in [2.24, 2.45) is 0 Å². The van der Waals surface area contributed by atoms with E-state index in [1.165, 1.54) is 6.42 Å². The molecule has 2 unspecified atom stereocenters. The Morgan fingerprint density at radius 2 is 2.32 bits per heavy atom. The smallest absolute Gasteiger partial charge is 0.129 e. The largest absolute Gasteiger partial charge is 0.374 e. The Balaban J connectivity index is 1.94. The summed E-state index contributed by atoms with van der Waals surface area (Å²) in [4.78, 5) is 2.36. The molecule has 1 aliphatic heterocycles. The molecule has 104 valence electrons. The van der Waals surface area contributed by atoms with Crippen molar-refractivity contribution in [3.8, 4) is 0 Å². The van der Waals surface area contributed by atoms with Gasteiger partial charge in [0.15, 0.2) is 0 Å². The first-order chi connectivity index (χ1) is 9.31. The van der Waals surface area contributed by atoms with Crippen molar-refractivity contribution in [3.05, 3.63) is 29.6 Å². The lowest BCUT2D eigenvalue weighted by molar-refractivity contribution is 0.0255. The number of hydrogen-bond acceptors (Lipinski definition) is 3. The molecule has 0 bridgehead atoms. The molecule has 0 aromatic heterocycles. The molecular weight excluding hydrogens is 243 g/mol. The number of ether oxygens (including phenoxy) is 1. The summed E-state index contributed by atoms with van der Waals surface area (Å²) in [5.74, 6) is -0.118. The van der Waals surface area contributed by atoms with Gasteiger partial charge >= 0.3 is 0 Å². The van der Waals surface area contributed by atoms with Crippen molar-refractivity contribution in [2.45, 2.75) is 38.0 Å². The highest BCUT2D eigenvalue weighted by atomic mass is 19.1. The van der Waals surface area contributed by atoms with E-state index in [-0.39, 0.29) is 5.82 Å². The minimum atomic E-state index is -0.118. The van der Waals surface area contributed by atoms with Gasteiger partial charge in [-0.25, -0.2) is 4.39 Å². The molecule has 0 spiro atoms. The zero-order chi connectivity index (χ0) is 13.2. The number of morpholine rings is 1. The van der Waals surface area contributed by atoms with Gasteiger partial charge in [-0.3, -0.25) is 0 Å². The molecule has 1 aliphatic carbocycles. The molecule has 19 heavy (non-hydrogen) atoms. The molecule has 3 nitrogen and oxygen atoms in total. The molecule has 4 heteroatoms. The van der Waals surface area contributed by atoms with Crippen molar-refractivity contribution in [1.29, 1.82) is 0 Å². The van der Waals surface area contributed by atoms with Crippen molar-refractivity contribution in [1.82, 2.24) is 5.32 Å². The normalized spacial score (nSPS) is 26.5. The van der Waals surface area contributed by atoms with Gasteiger partial charge < -0.3 is 15.0 Å². The maximum atomic E-state index is 14.0. The first kappa shape index (κ1) is 12.9. The quantitative estimate of drug-likeness (QED) is 0.906. The van der Waals surface area contributed by atoms with Gasteiger partial charge in [-0.1, -0.05) is 6.07 Å². The SMILES string of the molecule is CNCc1c(F)cccc1N1CCOC2CCCC21. The van der Waals surface area contributed by atoms with Gasteiger partial charge in [0.05, 0.1) is 18.8 Å². The Morgan fingerprint density at radius 1 is 1.42 bits per heavy atom. The highest BCUT2D eigenvalue weighted by Crippen LogP contribution is 2.35. The molecule has 1 saturated carbocycles. The number of rotatable bonds is 3. The van der Waals surface area contributed by atoms with Gasteiger partial charge in [0.2, 0.25) is 0 Å². The molecular formula is C15H21FN2O. The summed E-state index contributed by atoms with van der Waals surface area (Å²) in [6, 6.07) is 5.81. The monoisotopic (exact) mass is 264 g/mol. The average molecular weight is 264 g/mol. The van der Waals surface area contributed by atoms with Crippen LogP contribution in [-0.4, -0.2) is 32.3 Å². The van der Waals surface area contributed by atoms with Gasteiger partial charge in [-0.15, -0.1) is 0 Å². The van der Waals surface area contributed by atoms with E-state index >= 15 is 0 Å². The first-order valence-electron chi connectivity index (χ1n) is 7.11. The number of fused-ring (bicyclic) bond motifs is 1. The predicted octanol–water partition coefficient (Wildman–Crippen LogP) is 2.30. The van der Waals surface area contributed by atoms with Gasteiger partial charge in [-0.2, -0.15) is 0 Å². The minimum absolute atomic E-state index is 0.118. The number of nitrogens with one attached hydrogen (secondary N) is 1.